The molecule has 0 aliphatic rings. The minimum absolute atomic E-state index is 0.194. The third-order valence-electron chi connectivity index (χ3n) is 3.93. The van der Waals surface area contributed by atoms with Crippen molar-refractivity contribution in [2.75, 3.05) is 6.61 Å². The van der Waals surface area contributed by atoms with E-state index in [2.05, 4.69) is 0 Å². The standard InChI is InChI=1S/C18H21N3O2/c1-13-6-5-7-15(10-13)23-12-14(22)11-21-17-9-4-3-8-16(17)20(2)18(21)19/h3-10,14,19,22H,11-12H2,1-2H3. The maximum Gasteiger partial charge on any atom is 0.202 e. The average Bonchev–Trinajstić information content (AvgIpc) is 2.79. The van der Waals surface area contributed by atoms with E-state index in [1.54, 1.807) is 4.57 Å². The van der Waals surface area contributed by atoms with Crippen LogP contribution in [0.15, 0.2) is 48.5 Å². The fourth-order valence-electron chi connectivity index (χ4n) is 2.73. The number of hydrogen-bond acceptors (Lipinski definition) is 3. The number of imidazole rings is 1. The molecule has 2 N–H and O–H groups in total. The van der Waals surface area contributed by atoms with E-state index in [-0.39, 0.29) is 6.61 Å². The highest BCUT2D eigenvalue weighted by Crippen LogP contribution is 2.14. The highest BCUT2D eigenvalue weighted by molar-refractivity contribution is 5.75. The van der Waals surface area contributed by atoms with E-state index >= 15 is 0 Å². The van der Waals surface area contributed by atoms with Crippen LogP contribution in [0.4, 0.5) is 0 Å². The number of aryl methyl sites for hydroxylation is 2. The lowest BCUT2D eigenvalue weighted by Crippen LogP contribution is -2.30. The van der Waals surface area contributed by atoms with E-state index in [1.165, 1.54) is 0 Å². The summed E-state index contributed by atoms with van der Waals surface area (Å²) in [4.78, 5) is 0. The molecular weight excluding hydrogens is 290 g/mol. The van der Waals surface area contributed by atoms with Gasteiger partial charge in [0.1, 0.15) is 18.5 Å². The monoisotopic (exact) mass is 311 g/mol. The Labute approximate surface area is 134 Å². The Morgan fingerprint density at radius 1 is 1.13 bits per heavy atom. The summed E-state index contributed by atoms with van der Waals surface area (Å²) in [6.07, 6.45) is -0.685. The Morgan fingerprint density at radius 2 is 1.87 bits per heavy atom. The molecule has 1 heterocycles. The summed E-state index contributed by atoms with van der Waals surface area (Å²) in [6, 6.07) is 15.6. The second kappa shape index (κ2) is 6.30. The lowest BCUT2D eigenvalue weighted by Gasteiger charge is -2.14. The van der Waals surface area contributed by atoms with Gasteiger partial charge in [0, 0.05) is 7.05 Å². The molecule has 0 bridgehead atoms. The van der Waals surface area contributed by atoms with E-state index < -0.39 is 6.10 Å². The number of aliphatic hydroxyl groups excluding tert-OH is 1. The molecule has 0 spiro atoms. The number of aliphatic hydroxyl groups is 1. The third kappa shape index (κ3) is 3.14. The molecule has 0 fully saturated rings. The molecule has 120 valence electrons. The summed E-state index contributed by atoms with van der Waals surface area (Å²) in [7, 11) is 1.86. The van der Waals surface area contributed by atoms with E-state index in [0.717, 1.165) is 22.3 Å². The molecule has 23 heavy (non-hydrogen) atoms. The first-order valence-electron chi connectivity index (χ1n) is 7.62. The Hall–Kier alpha value is -2.53. The van der Waals surface area contributed by atoms with Gasteiger partial charge in [0.05, 0.1) is 17.6 Å². The van der Waals surface area contributed by atoms with Crippen LogP contribution >= 0.6 is 0 Å². The quantitative estimate of drug-likeness (QED) is 0.759. The third-order valence-corrected chi connectivity index (χ3v) is 3.93. The van der Waals surface area contributed by atoms with Crippen LogP contribution in [0.2, 0.25) is 0 Å². The van der Waals surface area contributed by atoms with Gasteiger partial charge in [0.15, 0.2) is 0 Å². The minimum Gasteiger partial charge on any atom is -0.491 e. The normalized spacial score (nSPS) is 12.5. The summed E-state index contributed by atoms with van der Waals surface area (Å²) in [5.74, 6) is 0.748. The molecule has 3 aromatic rings. The number of rotatable bonds is 5. The van der Waals surface area contributed by atoms with Crippen molar-refractivity contribution >= 4 is 11.0 Å². The number of ether oxygens (including phenoxy) is 1. The number of para-hydroxylation sites is 2. The minimum atomic E-state index is -0.685. The van der Waals surface area contributed by atoms with Gasteiger partial charge in [-0.15, -0.1) is 0 Å². The van der Waals surface area contributed by atoms with Gasteiger partial charge in [-0.25, -0.2) is 0 Å². The van der Waals surface area contributed by atoms with Crippen molar-refractivity contribution in [2.24, 2.45) is 7.05 Å². The zero-order chi connectivity index (χ0) is 16.4. The van der Waals surface area contributed by atoms with E-state index in [0.29, 0.717) is 12.2 Å². The number of nitrogens with one attached hydrogen (secondary N) is 1. The number of hydrogen-bond donors (Lipinski definition) is 2. The molecule has 1 aromatic heterocycles. The molecule has 2 aromatic carbocycles. The van der Waals surface area contributed by atoms with Gasteiger partial charge in [-0.2, -0.15) is 0 Å². The van der Waals surface area contributed by atoms with Gasteiger partial charge in [-0.1, -0.05) is 24.3 Å². The maximum absolute atomic E-state index is 10.3. The molecule has 0 saturated heterocycles. The van der Waals surface area contributed by atoms with Crippen molar-refractivity contribution in [1.29, 1.82) is 5.41 Å². The maximum atomic E-state index is 10.3. The molecule has 0 amide bonds. The largest absolute Gasteiger partial charge is 0.491 e. The summed E-state index contributed by atoms with van der Waals surface area (Å²) >= 11 is 0. The van der Waals surface area contributed by atoms with Crippen LogP contribution < -0.4 is 10.4 Å². The first-order chi connectivity index (χ1) is 11.1. The van der Waals surface area contributed by atoms with Crippen LogP contribution in [-0.4, -0.2) is 27.0 Å². The first kappa shape index (κ1) is 15.4. The predicted molar refractivity (Wildman–Crippen MR) is 89.4 cm³/mol. The molecule has 1 unspecified atom stereocenters. The van der Waals surface area contributed by atoms with Crippen LogP contribution in [0.25, 0.3) is 11.0 Å². The van der Waals surface area contributed by atoms with Crippen molar-refractivity contribution in [2.45, 2.75) is 19.6 Å². The SMILES string of the molecule is Cc1cccc(OCC(O)Cn2c(=N)n(C)c3ccccc32)c1. The molecule has 5 nitrogen and oxygen atoms in total. The lowest BCUT2D eigenvalue weighted by molar-refractivity contribution is 0.0921. The second-order valence-electron chi connectivity index (χ2n) is 5.76. The van der Waals surface area contributed by atoms with Gasteiger partial charge in [-0.3, -0.25) is 5.41 Å². The van der Waals surface area contributed by atoms with Crippen LogP contribution in [0, 0.1) is 12.3 Å². The van der Waals surface area contributed by atoms with E-state index in [9.17, 15) is 5.11 Å². The van der Waals surface area contributed by atoms with Crippen molar-refractivity contribution < 1.29 is 9.84 Å². The number of fused-ring (bicyclic) bond motifs is 1. The molecule has 3 rings (SSSR count). The molecule has 0 saturated carbocycles. The molecule has 1 atom stereocenters. The molecule has 0 aliphatic carbocycles. The number of nitrogens with zero attached hydrogens (tertiary/aromatic N) is 2. The first-order valence-corrected chi connectivity index (χ1v) is 7.62. The number of benzene rings is 2. The second-order valence-corrected chi connectivity index (χ2v) is 5.76. The fourth-order valence-corrected chi connectivity index (χ4v) is 2.73. The van der Waals surface area contributed by atoms with Gasteiger partial charge < -0.3 is 19.0 Å². The molecule has 0 aliphatic heterocycles. The van der Waals surface area contributed by atoms with Gasteiger partial charge in [0.25, 0.3) is 0 Å². The average molecular weight is 311 g/mol. The molecule has 0 radical (unpaired) electrons. The van der Waals surface area contributed by atoms with E-state index in [4.69, 9.17) is 10.1 Å². The van der Waals surface area contributed by atoms with Crippen molar-refractivity contribution in [3.8, 4) is 5.75 Å². The number of aromatic nitrogens is 2. The summed E-state index contributed by atoms with van der Waals surface area (Å²) < 4.78 is 9.26. The summed E-state index contributed by atoms with van der Waals surface area (Å²) in [5.41, 5.74) is 3.40. The van der Waals surface area contributed by atoms with E-state index in [1.807, 2.05) is 67.1 Å². The van der Waals surface area contributed by atoms with Crippen LogP contribution in [0.1, 0.15) is 5.56 Å². The van der Waals surface area contributed by atoms with Crippen molar-refractivity contribution in [3.63, 3.8) is 0 Å². The summed E-state index contributed by atoms with van der Waals surface area (Å²) in [6.45, 7) is 2.52. The Bertz CT molecular complexity index is 879. The smallest absolute Gasteiger partial charge is 0.202 e. The Balaban J connectivity index is 1.74. The topological polar surface area (TPSA) is 63.2 Å². The van der Waals surface area contributed by atoms with Crippen LogP contribution in [-0.2, 0) is 13.6 Å². The van der Waals surface area contributed by atoms with Crippen LogP contribution in [0.5, 0.6) is 5.75 Å². The molecular formula is C18H21N3O2. The fraction of sp³-hybridized carbons (Fsp3) is 0.278. The zero-order valence-electron chi connectivity index (χ0n) is 13.4. The Kier molecular flexibility index (Phi) is 4.21. The lowest BCUT2D eigenvalue weighted by atomic mass is 10.2. The van der Waals surface area contributed by atoms with Crippen molar-refractivity contribution in [3.05, 3.63) is 59.7 Å². The van der Waals surface area contributed by atoms with Crippen molar-refractivity contribution in [1.82, 2.24) is 9.13 Å². The highest BCUT2D eigenvalue weighted by atomic mass is 16.5. The highest BCUT2D eigenvalue weighted by Gasteiger charge is 2.12. The predicted octanol–water partition coefficient (Wildman–Crippen LogP) is 2.21. The van der Waals surface area contributed by atoms with Crippen LogP contribution in [0.3, 0.4) is 0 Å². The summed E-state index contributed by atoms with van der Waals surface area (Å²) in [5, 5.41) is 18.5. The van der Waals surface area contributed by atoms with Gasteiger partial charge in [0.2, 0.25) is 5.62 Å². The zero-order valence-corrected chi connectivity index (χ0v) is 13.4. The molecule has 5 heteroatoms. The van der Waals surface area contributed by atoms with Gasteiger partial charge >= 0.3 is 0 Å². The Morgan fingerprint density at radius 3 is 2.61 bits per heavy atom. The van der Waals surface area contributed by atoms with Gasteiger partial charge in [-0.05, 0) is 36.8 Å².